The molecule has 0 unspecified atom stereocenters. The van der Waals surface area contributed by atoms with E-state index in [2.05, 4.69) is 20.0 Å². The van der Waals surface area contributed by atoms with E-state index >= 15 is 0 Å². The van der Waals surface area contributed by atoms with Crippen LogP contribution in [0, 0.1) is 10.8 Å². The van der Waals surface area contributed by atoms with E-state index in [-0.39, 0.29) is 23.0 Å². The predicted molar refractivity (Wildman–Crippen MR) is 127 cm³/mol. The van der Waals surface area contributed by atoms with E-state index < -0.39 is 23.6 Å². The Balaban J connectivity index is 1.34. The fourth-order valence-electron chi connectivity index (χ4n) is 7.05. The van der Waals surface area contributed by atoms with Crippen LogP contribution in [0.5, 0.6) is 0 Å². The molecule has 0 spiro atoms. The van der Waals surface area contributed by atoms with Gasteiger partial charge in [-0.3, -0.25) is 4.98 Å². The molecule has 3 heterocycles. The van der Waals surface area contributed by atoms with E-state index in [4.69, 9.17) is 4.52 Å². The molecule has 2 N–H and O–H groups in total. The fourth-order valence-corrected chi connectivity index (χ4v) is 7.05. The molecule has 7 rings (SSSR count). The number of aliphatic hydroxyl groups is 2. The minimum absolute atomic E-state index is 0.0137. The van der Waals surface area contributed by atoms with Crippen molar-refractivity contribution in [2.75, 3.05) is 26.7 Å². The topological polar surface area (TPSA) is 95.5 Å². The summed E-state index contributed by atoms with van der Waals surface area (Å²) in [5.74, 6) is 0.928. The van der Waals surface area contributed by atoms with Crippen molar-refractivity contribution in [2.24, 2.45) is 10.8 Å². The molecule has 0 radical (unpaired) electrons. The number of rotatable bonds is 7. The van der Waals surface area contributed by atoms with Gasteiger partial charge in [-0.05, 0) is 48.9 Å². The highest BCUT2D eigenvalue weighted by molar-refractivity contribution is 5.55. The quantitative estimate of drug-likeness (QED) is 0.495. The van der Waals surface area contributed by atoms with E-state index in [0.29, 0.717) is 41.5 Å². The predicted octanol–water partition coefficient (Wildman–Crippen LogP) is 3.84. The summed E-state index contributed by atoms with van der Waals surface area (Å²) in [6, 6.07) is 7.76. The summed E-state index contributed by atoms with van der Waals surface area (Å²) >= 11 is 0. The number of halogens is 3. The van der Waals surface area contributed by atoms with Gasteiger partial charge < -0.3 is 19.6 Å². The molecule has 1 aromatic carbocycles. The highest BCUT2D eigenvalue weighted by Crippen LogP contribution is 2.72. The van der Waals surface area contributed by atoms with Crippen molar-refractivity contribution in [3.05, 3.63) is 65.2 Å². The molecule has 3 aliphatic carbocycles. The van der Waals surface area contributed by atoms with E-state index in [1.54, 1.807) is 30.6 Å². The molecule has 4 aliphatic rings. The molecule has 37 heavy (non-hydrogen) atoms. The van der Waals surface area contributed by atoms with Crippen LogP contribution < -0.4 is 0 Å². The van der Waals surface area contributed by atoms with Crippen LogP contribution >= 0.6 is 0 Å². The minimum atomic E-state index is -4.31. The lowest BCUT2D eigenvalue weighted by Gasteiger charge is -2.68. The zero-order valence-corrected chi connectivity index (χ0v) is 20.7. The van der Waals surface area contributed by atoms with Crippen LogP contribution in [-0.4, -0.2) is 63.2 Å². The lowest BCUT2D eigenvalue weighted by atomic mass is 9.35. The molecular weight excluding hydrogens is 485 g/mol. The Labute approximate surface area is 212 Å². The molecule has 0 amide bonds. The van der Waals surface area contributed by atoms with Crippen molar-refractivity contribution in [3.8, 4) is 11.5 Å². The maximum atomic E-state index is 12.9. The summed E-state index contributed by atoms with van der Waals surface area (Å²) < 4.78 is 44.3. The van der Waals surface area contributed by atoms with Crippen LogP contribution in [0.15, 0.2) is 47.2 Å². The van der Waals surface area contributed by atoms with Crippen LogP contribution in [0.2, 0.25) is 0 Å². The number of likely N-dealkylation sites (tertiary alicyclic amines) is 1. The number of benzene rings is 1. The number of aliphatic hydroxyl groups excluding tert-OH is 1. The van der Waals surface area contributed by atoms with Gasteiger partial charge in [-0.2, -0.15) is 18.2 Å². The van der Waals surface area contributed by atoms with Gasteiger partial charge in [0.1, 0.15) is 5.60 Å². The van der Waals surface area contributed by atoms with Crippen LogP contribution in [-0.2, 0) is 17.4 Å². The van der Waals surface area contributed by atoms with Gasteiger partial charge in [0.05, 0.1) is 12.0 Å². The van der Waals surface area contributed by atoms with Gasteiger partial charge >= 0.3 is 6.18 Å². The zero-order valence-electron chi connectivity index (χ0n) is 20.7. The zero-order chi connectivity index (χ0) is 26.3. The molecule has 3 saturated carbocycles. The third kappa shape index (κ3) is 3.72. The van der Waals surface area contributed by atoms with Gasteiger partial charge in [0.2, 0.25) is 0 Å². The van der Waals surface area contributed by atoms with E-state index in [0.717, 1.165) is 19.3 Å². The molecular formula is C27H29F3N4O3. The van der Waals surface area contributed by atoms with Gasteiger partial charge in [-0.1, -0.05) is 36.3 Å². The normalized spacial score (nSPS) is 28.1. The fraction of sp³-hybridized carbons (Fsp3) is 0.519. The Hall–Kier alpha value is -2.82. The third-order valence-electron chi connectivity index (χ3n) is 8.67. The van der Waals surface area contributed by atoms with Gasteiger partial charge in [-0.25, -0.2) is 0 Å². The molecule has 10 heteroatoms. The molecule has 196 valence electrons. The van der Waals surface area contributed by atoms with E-state index in [1.807, 2.05) is 14.0 Å². The summed E-state index contributed by atoms with van der Waals surface area (Å²) in [5, 5.41) is 26.1. The monoisotopic (exact) mass is 514 g/mol. The first kappa shape index (κ1) is 24.5. The Morgan fingerprint density at radius 3 is 2.32 bits per heavy atom. The van der Waals surface area contributed by atoms with Crippen molar-refractivity contribution < 1.29 is 27.9 Å². The van der Waals surface area contributed by atoms with Gasteiger partial charge in [0, 0.05) is 48.5 Å². The number of alkyl halides is 3. The summed E-state index contributed by atoms with van der Waals surface area (Å²) in [6.45, 7) is 3.33. The number of aromatic nitrogens is 3. The second-order valence-electron chi connectivity index (χ2n) is 11.8. The molecule has 4 fully saturated rings. The first-order chi connectivity index (χ1) is 17.4. The van der Waals surface area contributed by atoms with E-state index in [1.165, 1.54) is 12.1 Å². The number of nitrogens with zero attached hydrogens (tertiary/aromatic N) is 4. The Morgan fingerprint density at radius 2 is 1.73 bits per heavy atom. The third-order valence-corrected chi connectivity index (χ3v) is 8.67. The Bertz CT molecular complexity index is 1310. The SMILES string of the molecule is CN1CC(C)([C@](O)(c2ccc(CC(F)(F)F)cc2)c2cncc(-c3nc(C45CC(CO)(C4)C5)no3)c2)C1. The van der Waals surface area contributed by atoms with E-state index in [9.17, 15) is 23.4 Å². The summed E-state index contributed by atoms with van der Waals surface area (Å²) in [7, 11) is 1.95. The minimum Gasteiger partial charge on any atom is -0.396 e. The lowest BCUT2D eigenvalue weighted by Crippen LogP contribution is -2.66. The molecule has 1 aliphatic heterocycles. The summed E-state index contributed by atoms with van der Waals surface area (Å²) in [6.07, 6.45) is 0.403. The largest absolute Gasteiger partial charge is 0.396 e. The van der Waals surface area contributed by atoms with Crippen molar-refractivity contribution >= 4 is 0 Å². The standard InChI is InChI=1S/C27H29F3N4O3/c1-23(14-34(2)15-23)27(36,19-5-3-17(4-6-19)8-26(28,29)30)20-7-18(9-31-10-20)21-32-22(33-37-21)25-11-24(12-25,13-25)16-35/h3-7,9-10,35-36H,8,11-16H2,1-2H3/t24?,25?,27-/m0/s1. The van der Waals surface area contributed by atoms with Crippen LogP contribution in [0.3, 0.4) is 0 Å². The molecule has 3 aromatic rings. The van der Waals surface area contributed by atoms with Crippen LogP contribution in [0.4, 0.5) is 13.2 Å². The van der Waals surface area contributed by atoms with Crippen molar-refractivity contribution in [1.82, 2.24) is 20.0 Å². The molecule has 7 nitrogen and oxygen atoms in total. The Morgan fingerprint density at radius 1 is 1.05 bits per heavy atom. The average molecular weight is 515 g/mol. The van der Waals surface area contributed by atoms with Gasteiger partial charge in [0.15, 0.2) is 5.82 Å². The second-order valence-corrected chi connectivity index (χ2v) is 11.8. The number of pyridine rings is 1. The maximum Gasteiger partial charge on any atom is 0.393 e. The van der Waals surface area contributed by atoms with Gasteiger partial charge in [0.25, 0.3) is 5.89 Å². The number of hydrogen-bond acceptors (Lipinski definition) is 7. The Kier molecular flexibility index (Phi) is 5.20. The lowest BCUT2D eigenvalue weighted by molar-refractivity contribution is -0.172. The summed E-state index contributed by atoms with van der Waals surface area (Å²) in [4.78, 5) is 11.1. The molecule has 2 aromatic heterocycles. The maximum absolute atomic E-state index is 12.9. The van der Waals surface area contributed by atoms with Crippen LogP contribution in [0.25, 0.3) is 11.5 Å². The summed E-state index contributed by atoms with van der Waals surface area (Å²) in [5.41, 5.74) is -0.518. The van der Waals surface area contributed by atoms with Crippen molar-refractivity contribution in [3.63, 3.8) is 0 Å². The molecule has 1 atom stereocenters. The van der Waals surface area contributed by atoms with Gasteiger partial charge in [-0.15, -0.1) is 0 Å². The average Bonchev–Trinajstić information content (AvgIpc) is 3.26. The molecule has 2 bridgehead atoms. The van der Waals surface area contributed by atoms with Crippen LogP contribution in [0.1, 0.15) is 48.7 Å². The number of hydrogen-bond donors (Lipinski definition) is 2. The first-order valence-electron chi connectivity index (χ1n) is 12.4. The molecule has 1 saturated heterocycles. The second kappa shape index (κ2) is 7.85. The first-order valence-corrected chi connectivity index (χ1v) is 12.4. The van der Waals surface area contributed by atoms with Crippen molar-refractivity contribution in [2.45, 2.75) is 49.8 Å². The highest BCUT2D eigenvalue weighted by atomic mass is 19.4. The smallest absolute Gasteiger partial charge is 0.393 e. The van der Waals surface area contributed by atoms with Crippen molar-refractivity contribution in [1.29, 1.82) is 0 Å². The highest BCUT2D eigenvalue weighted by Gasteiger charge is 2.70.